The summed E-state index contributed by atoms with van der Waals surface area (Å²) in [4.78, 5) is 18.2. The summed E-state index contributed by atoms with van der Waals surface area (Å²) in [5.41, 5.74) is 0. The molecule has 0 bridgehead atoms. The van der Waals surface area contributed by atoms with E-state index in [2.05, 4.69) is 13.5 Å². The second-order valence-electron chi connectivity index (χ2n) is 0.899. The molecule has 0 aliphatic rings. The van der Waals surface area contributed by atoms with Crippen molar-refractivity contribution in [3.63, 3.8) is 0 Å². The van der Waals surface area contributed by atoms with Gasteiger partial charge in [0.25, 0.3) is 0 Å². The molecule has 0 unspecified atom stereocenters. The Bertz CT molecular complexity index is 109. The molecule has 0 spiro atoms. The Morgan fingerprint density at radius 1 is 1.30 bits per heavy atom. The van der Waals surface area contributed by atoms with Crippen LogP contribution in [-0.4, -0.2) is 22.2 Å². The normalized spacial score (nSPS) is 5.60. The van der Waals surface area contributed by atoms with Gasteiger partial charge in [0.05, 0.1) is 0 Å². The molecule has 2 N–H and O–H groups in total. The largest absolute Gasteiger partial charge is 0.473 e. The van der Waals surface area contributed by atoms with Crippen LogP contribution in [0.25, 0.3) is 0 Å². The summed E-state index contributed by atoms with van der Waals surface area (Å²) in [5, 5.41) is 14.8. The summed E-state index contributed by atoms with van der Waals surface area (Å²) < 4.78 is 0. The summed E-state index contributed by atoms with van der Waals surface area (Å²) >= 11 is 0. The third kappa shape index (κ3) is 26.8. The van der Waals surface area contributed by atoms with Crippen molar-refractivity contribution in [1.29, 1.82) is 0 Å². The zero-order valence-electron chi connectivity index (χ0n) is 5.20. The Kier molecular flexibility index (Phi) is 17.9. The summed E-state index contributed by atoms with van der Waals surface area (Å²) in [6, 6.07) is 0. The van der Waals surface area contributed by atoms with E-state index in [1.807, 2.05) is 0 Å². The number of rotatable bonds is 0. The fourth-order valence-electron chi connectivity index (χ4n) is 0. The molecule has 0 aliphatic heterocycles. The van der Waals surface area contributed by atoms with Crippen LogP contribution in [0.1, 0.15) is 0 Å². The number of aliphatic carboxylic acids is 2. The molecule has 10 heavy (non-hydrogen) atoms. The first-order valence-corrected chi connectivity index (χ1v) is 1.92. The number of carboxylic acid groups (broad SMARTS) is 2. The average molecular weight is 179 g/mol. The quantitative estimate of drug-likeness (QED) is 0.315. The molecule has 0 saturated heterocycles. The zero-order valence-corrected chi connectivity index (χ0v) is 6.76. The molecule has 0 heterocycles. The van der Waals surface area contributed by atoms with Crippen molar-refractivity contribution in [1.82, 2.24) is 0 Å². The van der Waals surface area contributed by atoms with Crippen LogP contribution in [0, 0.1) is 6.92 Å². The van der Waals surface area contributed by atoms with Gasteiger partial charge in [-0.05, 0) is 0 Å². The molecule has 4 nitrogen and oxygen atoms in total. The van der Waals surface area contributed by atoms with Crippen LogP contribution in [0.4, 0.5) is 0 Å². The van der Waals surface area contributed by atoms with Gasteiger partial charge >= 0.3 is 11.9 Å². The molecular formula is C5H7O4Ti-. The Morgan fingerprint density at radius 3 is 1.40 bits per heavy atom. The number of carboxylic acids is 2. The molecule has 0 aromatic rings. The van der Waals surface area contributed by atoms with E-state index in [1.54, 1.807) is 0 Å². The Morgan fingerprint density at radius 2 is 1.40 bits per heavy atom. The van der Waals surface area contributed by atoms with Crippen molar-refractivity contribution in [2.45, 2.75) is 0 Å². The summed E-state index contributed by atoms with van der Waals surface area (Å²) in [6.07, 6.45) is 1.50. The fourth-order valence-corrected chi connectivity index (χ4v) is 0. The van der Waals surface area contributed by atoms with E-state index >= 15 is 0 Å². The van der Waals surface area contributed by atoms with E-state index < -0.39 is 11.9 Å². The summed E-state index contributed by atoms with van der Waals surface area (Å²) in [7, 11) is 0. The Hall–Kier alpha value is -0.736. The van der Waals surface area contributed by atoms with Gasteiger partial charge in [0.2, 0.25) is 0 Å². The van der Waals surface area contributed by atoms with Gasteiger partial charge in [0, 0.05) is 21.7 Å². The van der Waals surface area contributed by atoms with E-state index in [0.29, 0.717) is 0 Å². The van der Waals surface area contributed by atoms with Crippen LogP contribution >= 0.6 is 0 Å². The molecule has 0 rings (SSSR count). The third-order valence-corrected chi connectivity index (χ3v) is 0.183. The Balaban J connectivity index is -0.000000107. The van der Waals surface area contributed by atoms with Gasteiger partial charge in [-0.3, -0.25) is 0 Å². The van der Waals surface area contributed by atoms with Crippen molar-refractivity contribution in [3.8, 4) is 0 Å². The van der Waals surface area contributed by atoms with E-state index in [0.717, 1.165) is 0 Å². The van der Waals surface area contributed by atoms with Crippen LogP contribution in [0.3, 0.4) is 0 Å². The predicted octanol–water partition coefficient (Wildman–Crippen LogP) is 0.160. The zero-order chi connectivity index (χ0) is 7.86. The van der Waals surface area contributed by atoms with Crippen molar-refractivity contribution in [2.24, 2.45) is 0 Å². The minimum atomic E-state index is -1.82. The predicted molar refractivity (Wildman–Crippen MR) is 30.8 cm³/mol. The number of carbonyl (C=O) groups is 2. The minimum Gasteiger partial charge on any atom is -0.473 e. The number of hydrogen-bond acceptors (Lipinski definition) is 2. The minimum absolute atomic E-state index is 0. The van der Waals surface area contributed by atoms with Gasteiger partial charge in [-0.1, -0.05) is 0 Å². The smallest absolute Gasteiger partial charge is 0.414 e. The maximum Gasteiger partial charge on any atom is 0.414 e. The maximum absolute atomic E-state index is 9.10. The molecular weight excluding hydrogens is 172 g/mol. The van der Waals surface area contributed by atoms with Gasteiger partial charge in [0.15, 0.2) is 0 Å². The second-order valence-corrected chi connectivity index (χ2v) is 0.899. The first-order valence-electron chi connectivity index (χ1n) is 1.92. The summed E-state index contributed by atoms with van der Waals surface area (Å²) in [6.45, 7) is 6.50. The molecule has 5 heteroatoms. The van der Waals surface area contributed by atoms with E-state index in [4.69, 9.17) is 19.8 Å². The van der Waals surface area contributed by atoms with Crippen LogP contribution in [-0.2, 0) is 31.3 Å². The summed E-state index contributed by atoms with van der Waals surface area (Å²) in [5.74, 6) is -3.65. The first kappa shape index (κ1) is 16.1. The fraction of sp³-hybridized carbons (Fsp3) is 0. The molecule has 0 aliphatic carbocycles. The van der Waals surface area contributed by atoms with Gasteiger partial charge in [-0.25, -0.2) is 29.2 Å². The van der Waals surface area contributed by atoms with Crippen molar-refractivity contribution >= 4 is 11.9 Å². The molecule has 0 saturated carbocycles. The topological polar surface area (TPSA) is 74.6 Å². The van der Waals surface area contributed by atoms with Crippen molar-refractivity contribution < 1.29 is 41.5 Å². The van der Waals surface area contributed by atoms with Crippen molar-refractivity contribution in [2.75, 3.05) is 0 Å². The molecule has 0 radical (unpaired) electrons. The second kappa shape index (κ2) is 11.1. The van der Waals surface area contributed by atoms with Crippen LogP contribution in [0.2, 0.25) is 0 Å². The molecule has 0 amide bonds. The van der Waals surface area contributed by atoms with E-state index in [1.165, 1.54) is 6.08 Å². The van der Waals surface area contributed by atoms with Gasteiger partial charge in [-0.2, -0.15) is 0 Å². The standard InChI is InChI=1S/C3H5.C2H2O4.Ti/c1-3-2;3-1(4)2(5)6;/h3H,1-2H2;(H,3,4)(H,5,6);/q-1;;. The first-order chi connectivity index (χ1) is 4.06. The molecule has 0 aromatic heterocycles. The van der Waals surface area contributed by atoms with Gasteiger partial charge in [-0.15, -0.1) is 0 Å². The molecule has 0 aromatic carbocycles. The number of hydrogen-bond donors (Lipinski definition) is 2. The molecule has 0 fully saturated rings. The van der Waals surface area contributed by atoms with Crippen LogP contribution < -0.4 is 0 Å². The molecule has 56 valence electrons. The monoisotopic (exact) mass is 179 g/mol. The average Bonchev–Trinajstić information content (AvgIpc) is 1.68. The van der Waals surface area contributed by atoms with E-state index in [-0.39, 0.29) is 21.7 Å². The Labute approximate surface area is 73.4 Å². The maximum atomic E-state index is 9.10. The SMILES string of the molecule is C=C[CH2-].O=C(O)C(=O)O.[Ti]. The van der Waals surface area contributed by atoms with Crippen LogP contribution in [0.15, 0.2) is 12.7 Å². The van der Waals surface area contributed by atoms with Crippen molar-refractivity contribution in [3.05, 3.63) is 19.6 Å². The van der Waals surface area contributed by atoms with Crippen LogP contribution in [0.5, 0.6) is 0 Å². The number of allylic oxidation sites excluding steroid dienone is 1. The van der Waals surface area contributed by atoms with Gasteiger partial charge < -0.3 is 10.2 Å². The molecule has 0 atom stereocenters. The van der Waals surface area contributed by atoms with E-state index in [9.17, 15) is 0 Å². The third-order valence-electron chi connectivity index (χ3n) is 0.183. The van der Waals surface area contributed by atoms with Gasteiger partial charge in [0.1, 0.15) is 0 Å².